The maximum Gasteiger partial charge on any atom is 1.00 e. The van der Waals surface area contributed by atoms with E-state index in [0.29, 0.717) is 22.4 Å². The van der Waals surface area contributed by atoms with Gasteiger partial charge in [0, 0.05) is 12.1 Å². The number of anilines is 1. The van der Waals surface area contributed by atoms with Gasteiger partial charge in [-0.25, -0.2) is 4.21 Å². The van der Waals surface area contributed by atoms with E-state index in [0.717, 1.165) is 5.56 Å². The molecular formula is C8H10NNa2O3S2+. The van der Waals surface area contributed by atoms with Crippen molar-refractivity contribution in [2.75, 3.05) is 11.5 Å². The minimum absolute atomic E-state index is 0. The smallest absolute Gasteiger partial charge is 0.746 e. The molecule has 0 amide bonds. The number of hydrogen-bond acceptors (Lipinski definition) is 4. The number of aryl methyl sites for hydroxylation is 1. The van der Waals surface area contributed by atoms with E-state index in [1.165, 1.54) is 0 Å². The van der Waals surface area contributed by atoms with Crippen molar-refractivity contribution in [2.24, 2.45) is 0 Å². The van der Waals surface area contributed by atoms with Crippen LogP contribution in [0.15, 0.2) is 24.3 Å². The monoisotopic (exact) mass is 278 g/mol. The second-order valence-electron chi connectivity index (χ2n) is 2.72. The van der Waals surface area contributed by atoms with Crippen molar-refractivity contribution in [3.8, 4) is 0 Å². The first-order valence-corrected chi connectivity index (χ1v) is 6.83. The van der Waals surface area contributed by atoms with Crippen LogP contribution in [0.25, 0.3) is 0 Å². The van der Waals surface area contributed by atoms with Crippen LogP contribution >= 0.6 is 0 Å². The quantitative estimate of drug-likeness (QED) is 0.339. The van der Waals surface area contributed by atoms with E-state index in [1.54, 1.807) is 12.1 Å². The molecule has 0 radical (unpaired) electrons. The van der Waals surface area contributed by atoms with Crippen LogP contribution < -0.4 is 64.8 Å². The summed E-state index contributed by atoms with van der Waals surface area (Å²) in [5.41, 5.74) is 7.11. The van der Waals surface area contributed by atoms with Gasteiger partial charge >= 0.3 is 59.1 Å². The average Bonchev–Trinajstić information content (AvgIpc) is 2.06. The molecule has 0 aliphatic rings. The summed E-state index contributed by atoms with van der Waals surface area (Å²) in [5.74, 6) is 0.274. The van der Waals surface area contributed by atoms with Crippen LogP contribution in [0.4, 0.5) is 5.69 Å². The zero-order valence-electron chi connectivity index (χ0n) is 9.34. The summed E-state index contributed by atoms with van der Waals surface area (Å²) in [6.07, 6.45) is 0.548. The predicted molar refractivity (Wildman–Crippen MR) is 56.5 cm³/mol. The Hall–Kier alpha value is 1.31. The van der Waals surface area contributed by atoms with Gasteiger partial charge in [-0.1, -0.05) is 12.1 Å². The first-order chi connectivity index (χ1) is 6.47. The Morgan fingerprint density at radius 1 is 1.19 bits per heavy atom. The van der Waals surface area contributed by atoms with Gasteiger partial charge in [-0.05, 0) is 17.7 Å². The third-order valence-corrected chi connectivity index (χ3v) is 3.62. The molecule has 0 fully saturated rings. The fourth-order valence-corrected chi connectivity index (χ4v) is 2.33. The molecule has 0 aliphatic carbocycles. The van der Waals surface area contributed by atoms with Crippen LogP contribution in [0.1, 0.15) is 5.56 Å². The summed E-state index contributed by atoms with van der Waals surface area (Å²) >= 11 is 0. The molecule has 0 saturated heterocycles. The maximum absolute atomic E-state index is 10.3. The van der Waals surface area contributed by atoms with Crippen molar-refractivity contribution in [2.45, 2.75) is 6.42 Å². The molecule has 1 aromatic carbocycles. The van der Waals surface area contributed by atoms with Crippen molar-refractivity contribution in [3.63, 3.8) is 0 Å². The summed E-state index contributed by atoms with van der Waals surface area (Å²) in [6.45, 7) is 0. The molecule has 4 nitrogen and oxygen atoms in total. The SMILES string of the molecule is Nc1ccc(CC[S+]=S(=O)([O-])[O-])cc1.[Na+].[Na+]. The standard InChI is InChI=1S/C8H11NO3S2.2Na/c9-8-3-1-7(2-4-8)5-6-13-14(10,11)12;;/h1-4H,5-6,9H2,(H-,10,11,12);;/q;2*+1/p-1. The Bertz CT molecular complexity index is 408. The third kappa shape index (κ3) is 9.35. The van der Waals surface area contributed by atoms with Gasteiger partial charge in [0.2, 0.25) is 10.3 Å². The molecular weight excluding hydrogens is 268 g/mol. The average molecular weight is 278 g/mol. The van der Waals surface area contributed by atoms with Gasteiger partial charge in [0.25, 0.3) is 0 Å². The molecule has 0 bridgehead atoms. The largest absolute Gasteiger partial charge is 1.00 e. The summed E-state index contributed by atoms with van der Waals surface area (Å²) in [4.78, 5) is 0. The molecule has 0 heterocycles. The molecule has 8 heteroatoms. The molecule has 0 aromatic heterocycles. The number of rotatable bonds is 3. The topological polar surface area (TPSA) is 89.2 Å². The Kier molecular flexibility index (Phi) is 11.4. The molecule has 1 aromatic rings. The fourth-order valence-electron chi connectivity index (χ4n) is 0.946. The molecule has 2 N–H and O–H groups in total. The molecule has 1 rings (SSSR count). The summed E-state index contributed by atoms with van der Waals surface area (Å²) in [6, 6.07) is 7.11. The Balaban J connectivity index is 0. The number of nitrogens with two attached hydrogens (primary N) is 1. The maximum atomic E-state index is 10.3. The third-order valence-electron chi connectivity index (χ3n) is 1.60. The van der Waals surface area contributed by atoms with Gasteiger partial charge in [-0.2, -0.15) is 0 Å². The Labute approximate surface area is 143 Å². The fraction of sp³-hybridized carbons (Fsp3) is 0.250. The van der Waals surface area contributed by atoms with E-state index in [1.807, 2.05) is 12.1 Å². The van der Waals surface area contributed by atoms with Gasteiger partial charge in [-0.15, -0.1) is 0 Å². The molecule has 0 saturated carbocycles. The first kappa shape index (κ1) is 19.6. The molecule has 16 heavy (non-hydrogen) atoms. The van der Waals surface area contributed by atoms with Gasteiger partial charge in [-0.3, -0.25) is 0 Å². The summed E-state index contributed by atoms with van der Waals surface area (Å²) < 4.78 is 30.8. The van der Waals surface area contributed by atoms with Crippen molar-refractivity contribution in [1.29, 1.82) is 0 Å². The molecule has 0 atom stereocenters. The number of nitrogen functional groups attached to an aromatic ring is 1. The van der Waals surface area contributed by atoms with Gasteiger partial charge in [0.1, 0.15) is 0 Å². The van der Waals surface area contributed by atoms with Crippen LogP contribution in [-0.2, 0) is 25.8 Å². The second-order valence-corrected chi connectivity index (χ2v) is 6.11. The zero-order chi connectivity index (χ0) is 10.6. The second kappa shape index (κ2) is 9.27. The Morgan fingerprint density at radius 2 is 1.69 bits per heavy atom. The number of benzene rings is 1. The van der Waals surface area contributed by atoms with Crippen molar-refractivity contribution < 1.29 is 72.4 Å². The summed E-state index contributed by atoms with van der Waals surface area (Å²) in [5, 5.41) is 0. The summed E-state index contributed by atoms with van der Waals surface area (Å²) in [7, 11) is -3.74. The minimum atomic E-state index is -4.16. The normalized spacial score (nSPS) is 9.88. The van der Waals surface area contributed by atoms with E-state index >= 15 is 0 Å². The van der Waals surface area contributed by atoms with Crippen molar-refractivity contribution in [3.05, 3.63) is 29.8 Å². The van der Waals surface area contributed by atoms with Crippen LogP contribution in [0.2, 0.25) is 0 Å². The zero-order valence-corrected chi connectivity index (χ0v) is 15.0. The molecule has 78 valence electrons. The number of hydrogen-bond donors (Lipinski definition) is 1. The van der Waals surface area contributed by atoms with Gasteiger partial charge in [0.15, 0.2) is 5.75 Å². The van der Waals surface area contributed by atoms with E-state index in [4.69, 9.17) is 5.73 Å². The van der Waals surface area contributed by atoms with E-state index in [2.05, 4.69) is 0 Å². The minimum Gasteiger partial charge on any atom is -0.746 e. The first-order valence-electron chi connectivity index (χ1n) is 3.92. The van der Waals surface area contributed by atoms with Crippen molar-refractivity contribution in [1.82, 2.24) is 0 Å². The molecule has 0 aliphatic heterocycles. The molecule has 0 spiro atoms. The van der Waals surface area contributed by atoms with E-state index in [-0.39, 0.29) is 64.9 Å². The van der Waals surface area contributed by atoms with Crippen molar-refractivity contribution >= 4 is 25.1 Å². The van der Waals surface area contributed by atoms with E-state index in [9.17, 15) is 13.3 Å². The van der Waals surface area contributed by atoms with Gasteiger partial charge in [0.05, 0.1) is 9.05 Å². The Morgan fingerprint density at radius 3 is 2.12 bits per heavy atom. The van der Waals surface area contributed by atoms with Crippen LogP contribution in [0.5, 0.6) is 0 Å². The predicted octanol–water partition coefficient (Wildman–Crippen LogP) is -5.64. The van der Waals surface area contributed by atoms with Crippen LogP contribution in [0, 0.1) is 0 Å². The molecule has 0 unspecified atom stereocenters. The van der Waals surface area contributed by atoms with Gasteiger partial charge < -0.3 is 14.8 Å². The van der Waals surface area contributed by atoms with Crippen LogP contribution in [-0.4, -0.2) is 19.1 Å². The van der Waals surface area contributed by atoms with Crippen LogP contribution in [0.3, 0.4) is 0 Å². The van der Waals surface area contributed by atoms with E-state index < -0.39 is 9.05 Å².